The highest BCUT2D eigenvalue weighted by atomic mass is 15.1. The lowest BCUT2D eigenvalue weighted by Gasteiger charge is -2.11. The largest absolute Gasteiger partial charge is 0.324 e. The smallest absolute Gasteiger partial charge is 0.141 e. The summed E-state index contributed by atoms with van der Waals surface area (Å²) in [6, 6.07) is 17.1. The van der Waals surface area contributed by atoms with E-state index in [1.807, 2.05) is 0 Å². The molecule has 1 heterocycles. The van der Waals surface area contributed by atoms with Gasteiger partial charge in [-0.05, 0) is 31.0 Å². The standard InChI is InChI=1S/C25H34N2/c1-3-4-5-6-7-8-9-10-15-20-27-24-19-14-13-18-23(24)26-25(27)22-17-12-11-16-21(22)2/h11-14,16-19H,3-10,15,20H2,1-2H3. The number of hydrogen-bond acceptors (Lipinski definition) is 1. The molecule has 0 spiro atoms. The second-order valence-corrected chi connectivity index (χ2v) is 7.72. The molecule has 144 valence electrons. The summed E-state index contributed by atoms with van der Waals surface area (Å²) in [7, 11) is 0. The van der Waals surface area contributed by atoms with E-state index in [0.717, 1.165) is 17.9 Å². The van der Waals surface area contributed by atoms with Gasteiger partial charge in [-0.1, -0.05) is 94.7 Å². The SMILES string of the molecule is CCCCCCCCCCCn1c(-c2ccccc2C)nc2ccccc21. The van der Waals surface area contributed by atoms with E-state index in [-0.39, 0.29) is 0 Å². The third kappa shape index (κ3) is 5.22. The number of aromatic nitrogens is 2. The molecule has 0 fully saturated rings. The van der Waals surface area contributed by atoms with Gasteiger partial charge in [0, 0.05) is 12.1 Å². The molecule has 0 aliphatic rings. The third-order valence-electron chi connectivity index (χ3n) is 5.53. The normalized spacial score (nSPS) is 11.3. The van der Waals surface area contributed by atoms with Gasteiger partial charge < -0.3 is 4.57 Å². The zero-order valence-corrected chi connectivity index (χ0v) is 17.1. The Labute approximate surface area is 164 Å². The highest BCUT2D eigenvalue weighted by molar-refractivity contribution is 5.81. The first-order valence-electron chi connectivity index (χ1n) is 10.8. The van der Waals surface area contributed by atoms with Gasteiger partial charge in [0.2, 0.25) is 0 Å². The van der Waals surface area contributed by atoms with Crippen LogP contribution in [0.5, 0.6) is 0 Å². The van der Waals surface area contributed by atoms with Gasteiger partial charge in [0.15, 0.2) is 0 Å². The van der Waals surface area contributed by atoms with Crippen LogP contribution in [0.25, 0.3) is 22.4 Å². The maximum absolute atomic E-state index is 4.96. The summed E-state index contributed by atoms with van der Waals surface area (Å²) in [6.45, 7) is 5.52. The fourth-order valence-corrected chi connectivity index (χ4v) is 3.91. The number of imidazole rings is 1. The van der Waals surface area contributed by atoms with Gasteiger partial charge in [-0.3, -0.25) is 0 Å². The molecule has 27 heavy (non-hydrogen) atoms. The molecule has 0 N–H and O–H groups in total. The quantitative estimate of drug-likeness (QED) is 0.322. The number of nitrogens with zero attached hydrogens (tertiary/aromatic N) is 2. The minimum Gasteiger partial charge on any atom is -0.324 e. The Morgan fingerprint density at radius 1 is 0.741 bits per heavy atom. The molecule has 1 aromatic heterocycles. The van der Waals surface area contributed by atoms with Crippen molar-refractivity contribution >= 4 is 11.0 Å². The van der Waals surface area contributed by atoms with E-state index < -0.39 is 0 Å². The number of aryl methyl sites for hydroxylation is 2. The van der Waals surface area contributed by atoms with Crippen LogP contribution < -0.4 is 0 Å². The lowest BCUT2D eigenvalue weighted by Crippen LogP contribution is -2.02. The van der Waals surface area contributed by atoms with Crippen LogP contribution in [-0.4, -0.2) is 9.55 Å². The van der Waals surface area contributed by atoms with Gasteiger partial charge >= 0.3 is 0 Å². The molecule has 0 unspecified atom stereocenters. The van der Waals surface area contributed by atoms with Crippen molar-refractivity contribution in [2.75, 3.05) is 0 Å². The van der Waals surface area contributed by atoms with Crippen LogP contribution in [0.3, 0.4) is 0 Å². The first kappa shape index (κ1) is 19.7. The van der Waals surface area contributed by atoms with E-state index in [1.165, 1.54) is 74.4 Å². The minimum absolute atomic E-state index is 1.06. The monoisotopic (exact) mass is 362 g/mol. The molecule has 2 aromatic carbocycles. The third-order valence-corrected chi connectivity index (χ3v) is 5.53. The van der Waals surface area contributed by atoms with Crippen molar-refractivity contribution in [2.24, 2.45) is 0 Å². The number of unbranched alkanes of at least 4 members (excludes halogenated alkanes) is 8. The Kier molecular flexibility index (Phi) is 7.50. The van der Waals surface area contributed by atoms with Crippen LogP contribution in [0.4, 0.5) is 0 Å². The minimum atomic E-state index is 1.06. The highest BCUT2D eigenvalue weighted by Crippen LogP contribution is 2.27. The first-order chi connectivity index (χ1) is 13.3. The van der Waals surface area contributed by atoms with Gasteiger partial charge in [-0.15, -0.1) is 0 Å². The topological polar surface area (TPSA) is 17.8 Å². The van der Waals surface area contributed by atoms with Crippen LogP contribution in [0.2, 0.25) is 0 Å². The summed E-state index contributed by atoms with van der Waals surface area (Å²) in [6.07, 6.45) is 12.3. The van der Waals surface area contributed by atoms with Gasteiger partial charge in [-0.2, -0.15) is 0 Å². The second kappa shape index (κ2) is 10.3. The Bertz CT molecular complexity index is 831. The van der Waals surface area contributed by atoms with Gasteiger partial charge in [0.05, 0.1) is 11.0 Å². The molecule has 2 nitrogen and oxygen atoms in total. The number of fused-ring (bicyclic) bond motifs is 1. The van der Waals surface area contributed by atoms with Crippen molar-refractivity contribution in [2.45, 2.75) is 78.2 Å². The molecule has 0 atom stereocenters. The summed E-state index contributed by atoms with van der Waals surface area (Å²) < 4.78 is 2.43. The molecule has 0 aliphatic carbocycles. The molecular formula is C25H34N2. The summed E-state index contributed by atoms with van der Waals surface area (Å²) in [5, 5.41) is 0. The van der Waals surface area contributed by atoms with Crippen LogP contribution in [0.15, 0.2) is 48.5 Å². The maximum Gasteiger partial charge on any atom is 0.141 e. The predicted octanol–water partition coefficient (Wildman–Crippen LogP) is 7.54. The fourth-order valence-electron chi connectivity index (χ4n) is 3.91. The molecule has 0 amide bonds. The van der Waals surface area contributed by atoms with Crippen LogP contribution in [0.1, 0.15) is 70.3 Å². The van der Waals surface area contributed by atoms with Crippen molar-refractivity contribution < 1.29 is 0 Å². The number of rotatable bonds is 11. The van der Waals surface area contributed by atoms with Gasteiger partial charge in [0.1, 0.15) is 5.82 Å². The average Bonchev–Trinajstić information content (AvgIpc) is 3.05. The fraction of sp³-hybridized carbons (Fsp3) is 0.480. The molecule has 0 radical (unpaired) electrons. The second-order valence-electron chi connectivity index (χ2n) is 7.72. The molecular weight excluding hydrogens is 328 g/mol. The van der Waals surface area contributed by atoms with Gasteiger partial charge in [0.25, 0.3) is 0 Å². The maximum atomic E-state index is 4.96. The van der Waals surface area contributed by atoms with E-state index in [9.17, 15) is 0 Å². The molecule has 3 aromatic rings. The number of benzene rings is 2. The van der Waals surface area contributed by atoms with Gasteiger partial charge in [-0.25, -0.2) is 4.98 Å². The summed E-state index contributed by atoms with van der Waals surface area (Å²) >= 11 is 0. The van der Waals surface area contributed by atoms with E-state index in [1.54, 1.807) is 0 Å². The van der Waals surface area contributed by atoms with Crippen molar-refractivity contribution in [3.05, 3.63) is 54.1 Å². The predicted molar refractivity (Wildman–Crippen MR) is 117 cm³/mol. The molecule has 3 rings (SSSR count). The Morgan fingerprint density at radius 2 is 1.37 bits per heavy atom. The molecule has 0 bridgehead atoms. The summed E-state index contributed by atoms with van der Waals surface area (Å²) in [4.78, 5) is 4.96. The molecule has 2 heteroatoms. The van der Waals surface area contributed by atoms with E-state index in [2.05, 4.69) is 66.9 Å². The number of para-hydroxylation sites is 2. The van der Waals surface area contributed by atoms with Crippen molar-refractivity contribution in [3.8, 4) is 11.4 Å². The Morgan fingerprint density at radius 3 is 2.11 bits per heavy atom. The van der Waals surface area contributed by atoms with Crippen molar-refractivity contribution in [3.63, 3.8) is 0 Å². The van der Waals surface area contributed by atoms with Crippen LogP contribution >= 0.6 is 0 Å². The van der Waals surface area contributed by atoms with E-state index in [0.29, 0.717) is 0 Å². The van der Waals surface area contributed by atoms with Crippen LogP contribution in [-0.2, 0) is 6.54 Å². The average molecular weight is 363 g/mol. The zero-order chi connectivity index (χ0) is 18.9. The van der Waals surface area contributed by atoms with E-state index in [4.69, 9.17) is 4.98 Å². The Balaban J connectivity index is 1.62. The summed E-state index contributed by atoms with van der Waals surface area (Å²) in [5.41, 5.74) is 4.91. The zero-order valence-electron chi connectivity index (χ0n) is 17.1. The molecule has 0 saturated carbocycles. The first-order valence-corrected chi connectivity index (χ1v) is 10.8. The number of hydrogen-bond donors (Lipinski definition) is 0. The highest BCUT2D eigenvalue weighted by Gasteiger charge is 2.13. The van der Waals surface area contributed by atoms with E-state index >= 15 is 0 Å². The van der Waals surface area contributed by atoms with Crippen molar-refractivity contribution in [1.29, 1.82) is 0 Å². The van der Waals surface area contributed by atoms with Crippen molar-refractivity contribution in [1.82, 2.24) is 9.55 Å². The Hall–Kier alpha value is -2.09. The van der Waals surface area contributed by atoms with Crippen LogP contribution in [0, 0.1) is 6.92 Å². The molecule has 0 saturated heterocycles. The molecule has 0 aliphatic heterocycles. The lowest BCUT2D eigenvalue weighted by atomic mass is 10.1. The summed E-state index contributed by atoms with van der Waals surface area (Å²) in [5.74, 6) is 1.12. The lowest BCUT2D eigenvalue weighted by molar-refractivity contribution is 0.543.